The molecule has 1 aromatic carbocycles. The van der Waals surface area contributed by atoms with Crippen LogP contribution < -0.4 is 5.32 Å². The molecule has 0 spiro atoms. The van der Waals surface area contributed by atoms with Crippen LogP contribution in [-0.4, -0.2) is 22.0 Å². The van der Waals surface area contributed by atoms with Crippen molar-refractivity contribution < 1.29 is 4.79 Å². The maximum atomic E-state index is 11.9. The van der Waals surface area contributed by atoms with E-state index < -0.39 is 0 Å². The van der Waals surface area contributed by atoms with Gasteiger partial charge in [-0.05, 0) is 24.3 Å². The Morgan fingerprint density at radius 1 is 1.38 bits per heavy atom. The van der Waals surface area contributed by atoms with E-state index >= 15 is 0 Å². The van der Waals surface area contributed by atoms with E-state index in [1.165, 1.54) is 11.3 Å². The first-order valence-corrected chi connectivity index (χ1v) is 7.43. The van der Waals surface area contributed by atoms with E-state index in [0.29, 0.717) is 11.4 Å². The first kappa shape index (κ1) is 13.6. The predicted octanol–water partition coefficient (Wildman–Crippen LogP) is 3.22. The Morgan fingerprint density at radius 3 is 2.95 bits per heavy atom. The zero-order valence-corrected chi connectivity index (χ0v) is 12.5. The van der Waals surface area contributed by atoms with Crippen LogP contribution in [-0.2, 0) is 7.05 Å². The van der Waals surface area contributed by atoms with Crippen LogP contribution in [0.4, 0.5) is 0 Å². The van der Waals surface area contributed by atoms with Gasteiger partial charge < -0.3 is 9.88 Å². The second-order valence-corrected chi connectivity index (χ2v) is 5.73. The predicted molar refractivity (Wildman–Crippen MR) is 86.6 cm³/mol. The number of amides is 1. The summed E-state index contributed by atoms with van der Waals surface area (Å²) >= 11 is 1.44. The van der Waals surface area contributed by atoms with Crippen LogP contribution in [0.25, 0.3) is 21.7 Å². The van der Waals surface area contributed by atoms with Crippen molar-refractivity contribution in [3.05, 3.63) is 53.9 Å². The number of thiophene rings is 1. The first-order valence-electron chi connectivity index (χ1n) is 6.61. The molecule has 0 fully saturated rings. The van der Waals surface area contributed by atoms with E-state index in [4.69, 9.17) is 0 Å². The molecule has 2 aromatic heterocycles. The molecule has 3 rings (SSSR count). The highest BCUT2D eigenvalue weighted by atomic mass is 32.1. The summed E-state index contributed by atoms with van der Waals surface area (Å²) in [5.74, 6) is 0.800. The van der Waals surface area contributed by atoms with Crippen molar-refractivity contribution >= 4 is 28.3 Å². The lowest BCUT2D eigenvalue weighted by molar-refractivity contribution is 0.0962. The molecule has 5 heteroatoms. The van der Waals surface area contributed by atoms with Crippen molar-refractivity contribution in [1.29, 1.82) is 0 Å². The highest BCUT2D eigenvalue weighted by Gasteiger charge is 2.14. The van der Waals surface area contributed by atoms with Crippen molar-refractivity contribution in [2.45, 2.75) is 0 Å². The quantitative estimate of drug-likeness (QED) is 0.752. The normalized spacial score (nSPS) is 10.7. The molecule has 0 radical (unpaired) electrons. The number of aryl methyl sites for hydroxylation is 1. The number of para-hydroxylation sites is 2. The van der Waals surface area contributed by atoms with Crippen molar-refractivity contribution in [3.63, 3.8) is 0 Å². The third-order valence-electron chi connectivity index (χ3n) is 3.24. The van der Waals surface area contributed by atoms with Crippen LogP contribution in [0.15, 0.2) is 49.1 Å². The summed E-state index contributed by atoms with van der Waals surface area (Å²) in [5, 5.41) is 2.78. The van der Waals surface area contributed by atoms with Crippen LogP contribution in [0.5, 0.6) is 0 Å². The van der Waals surface area contributed by atoms with Crippen LogP contribution in [0.3, 0.4) is 0 Å². The van der Waals surface area contributed by atoms with Crippen LogP contribution in [0, 0.1) is 0 Å². The number of imidazole rings is 1. The van der Waals surface area contributed by atoms with E-state index in [-0.39, 0.29) is 5.91 Å². The zero-order valence-electron chi connectivity index (χ0n) is 11.7. The minimum atomic E-state index is -0.0788. The minimum Gasteiger partial charge on any atom is -0.348 e. The fraction of sp³-hybridized carbons (Fsp3) is 0.125. The van der Waals surface area contributed by atoms with Crippen LogP contribution in [0.2, 0.25) is 0 Å². The summed E-state index contributed by atoms with van der Waals surface area (Å²) in [6.07, 6.45) is 1.66. The number of nitrogens with zero attached hydrogens (tertiary/aromatic N) is 2. The lowest BCUT2D eigenvalue weighted by atomic mass is 10.3. The molecule has 2 heterocycles. The molecule has 0 unspecified atom stereocenters. The van der Waals surface area contributed by atoms with Gasteiger partial charge in [0.15, 0.2) is 5.82 Å². The third-order valence-corrected chi connectivity index (χ3v) is 4.32. The molecule has 106 valence electrons. The van der Waals surface area contributed by atoms with Crippen molar-refractivity contribution in [1.82, 2.24) is 14.9 Å². The summed E-state index contributed by atoms with van der Waals surface area (Å²) in [6.45, 7) is 4.06. The Labute approximate surface area is 126 Å². The van der Waals surface area contributed by atoms with Gasteiger partial charge in [0, 0.05) is 13.6 Å². The largest absolute Gasteiger partial charge is 0.348 e. The molecule has 0 bridgehead atoms. The minimum absolute atomic E-state index is 0.0788. The Bertz CT molecular complexity index is 816. The van der Waals surface area contributed by atoms with Crippen LogP contribution >= 0.6 is 11.3 Å². The molecule has 1 amide bonds. The van der Waals surface area contributed by atoms with E-state index in [9.17, 15) is 4.79 Å². The summed E-state index contributed by atoms with van der Waals surface area (Å²) in [6, 6.07) is 11.8. The van der Waals surface area contributed by atoms with E-state index in [1.807, 2.05) is 48.0 Å². The van der Waals surface area contributed by atoms with Gasteiger partial charge in [0.1, 0.15) is 0 Å². The molecular formula is C16H15N3OS. The number of aromatic nitrogens is 2. The molecular weight excluding hydrogens is 282 g/mol. The maximum absolute atomic E-state index is 11.9. The van der Waals surface area contributed by atoms with Crippen molar-refractivity contribution in [3.8, 4) is 10.7 Å². The lowest BCUT2D eigenvalue weighted by Gasteiger charge is -1.99. The molecule has 0 saturated heterocycles. The summed E-state index contributed by atoms with van der Waals surface area (Å²) in [5.41, 5.74) is 2.04. The second-order valence-electron chi connectivity index (χ2n) is 4.65. The maximum Gasteiger partial charge on any atom is 0.261 e. The SMILES string of the molecule is C=CCNC(=O)c1ccc(-c2nc3ccccc3n2C)s1. The average molecular weight is 297 g/mol. The van der Waals surface area contributed by atoms with Gasteiger partial charge in [0.25, 0.3) is 5.91 Å². The number of nitrogens with one attached hydrogen (secondary N) is 1. The Hall–Kier alpha value is -2.40. The Kier molecular flexibility index (Phi) is 3.58. The number of carbonyl (C=O) groups excluding carboxylic acids is 1. The zero-order chi connectivity index (χ0) is 14.8. The summed E-state index contributed by atoms with van der Waals surface area (Å²) in [7, 11) is 1.99. The molecule has 0 aliphatic heterocycles. The number of hydrogen-bond donors (Lipinski definition) is 1. The van der Waals surface area contributed by atoms with Gasteiger partial charge in [-0.2, -0.15) is 0 Å². The van der Waals surface area contributed by atoms with Gasteiger partial charge in [-0.15, -0.1) is 17.9 Å². The molecule has 3 aromatic rings. The number of hydrogen-bond acceptors (Lipinski definition) is 3. The number of rotatable bonds is 4. The summed E-state index contributed by atoms with van der Waals surface area (Å²) < 4.78 is 2.05. The lowest BCUT2D eigenvalue weighted by Crippen LogP contribution is -2.21. The second kappa shape index (κ2) is 5.54. The monoisotopic (exact) mass is 297 g/mol. The molecule has 0 saturated carbocycles. The molecule has 21 heavy (non-hydrogen) atoms. The number of fused-ring (bicyclic) bond motifs is 1. The number of carbonyl (C=O) groups is 1. The molecule has 1 N–H and O–H groups in total. The van der Waals surface area contributed by atoms with E-state index in [2.05, 4.69) is 16.9 Å². The standard InChI is InChI=1S/C16H15N3OS/c1-3-10-17-16(20)14-9-8-13(21-14)15-18-11-6-4-5-7-12(11)19(15)2/h3-9H,1,10H2,2H3,(H,17,20). The fourth-order valence-electron chi connectivity index (χ4n) is 2.20. The van der Waals surface area contributed by atoms with Gasteiger partial charge in [0.2, 0.25) is 0 Å². The smallest absolute Gasteiger partial charge is 0.261 e. The molecule has 4 nitrogen and oxygen atoms in total. The van der Waals surface area contributed by atoms with Crippen molar-refractivity contribution in [2.75, 3.05) is 6.54 Å². The highest BCUT2D eigenvalue weighted by Crippen LogP contribution is 2.29. The first-order chi connectivity index (χ1) is 10.2. The van der Waals surface area contributed by atoms with Gasteiger partial charge in [-0.25, -0.2) is 4.98 Å². The topological polar surface area (TPSA) is 46.9 Å². The average Bonchev–Trinajstić information content (AvgIpc) is 3.10. The van der Waals surface area contributed by atoms with E-state index in [1.54, 1.807) is 6.08 Å². The molecule has 0 atom stereocenters. The van der Waals surface area contributed by atoms with E-state index in [0.717, 1.165) is 21.7 Å². The Morgan fingerprint density at radius 2 is 2.19 bits per heavy atom. The van der Waals surface area contributed by atoms with Gasteiger partial charge in [-0.3, -0.25) is 4.79 Å². The fourth-order valence-corrected chi connectivity index (χ4v) is 3.15. The molecule has 0 aliphatic carbocycles. The Balaban J connectivity index is 1.96. The number of benzene rings is 1. The van der Waals surface area contributed by atoms with Gasteiger partial charge in [0.05, 0.1) is 20.8 Å². The highest BCUT2D eigenvalue weighted by molar-refractivity contribution is 7.17. The van der Waals surface area contributed by atoms with Gasteiger partial charge in [-0.1, -0.05) is 18.2 Å². The van der Waals surface area contributed by atoms with Crippen LogP contribution in [0.1, 0.15) is 9.67 Å². The van der Waals surface area contributed by atoms with Crippen molar-refractivity contribution in [2.24, 2.45) is 7.05 Å². The molecule has 0 aliphatic rings. The van der Waals surface area contributed by atoms with Gasteiger partial charge >= 0.3 is 0 Å². The summed E-state index contributed by atoms with van der Waals surface area (Å²) in [4.78, 5) is 18.2. The third kappa shape index (κ3) is 2.48.